The van der Waals surface area contributed by atoms with E-state index in [1.807, 2.05) is 0 Å². The van der Waals surface area contributed by atoms with Crippen molar-refractivity contribution in [3.8, 4) is 22.3 Å². The molecule has 0 aliphatic carbocycles. The number of rotatable bonds is 2. The van der Waals surface area contributed by atoms with Crippen molar-refractivity contribution < 1.29 is 4.42 Å². The van der Waals surface area contributed by atoms with E-state index >= 15 is 0 Å². The van der Waals surface area contributed by atoms with Gasteiger partial charge in [0, 0.05) is 60.8 Å². The van der Waals surface area contributed by atoms with Gasteiger partial charge >= 0.3 is 6.85 Å². The van der Waals surface area contributed by atoms with Gasteiger partial charge in [-0.2, -0.15) is 0 Å². The second-order valence-electron chi connectivity index (χ2n) is 18.8. The lowest BCUT2D eigenvalue weighted by molar-refractivity contribution is 0.569. The van der Waals surface area contributed by atoms with Crippen molar-refractivity contribution in [1.82, 2.24) is 4.48 Å². The summed E-state index contributed by atoms with van der Waals surface area (Å²) in [6, 6.07) is 46.1. The number of nitrogens with zero attached hydrogens (tertiary/aromatic N) is 2. The maximum absolute atomic E-state index is 6.98. The van der Waals surface area contributed by atoms with E-state index in [2.05, 4.69) is 193 Å². The third-order valence-corrected chi connectivity index (χ3v) is 12.9. The quantitative estimate of drug-likeness (QED) is 0.165. The fourth-order valence-corrected chi connectivity index (χ4v) is 10.3. The van der Waals surface area contributed by atoms with Crippen LogP contribution in [0.4, 0.5) is 17.1 Å². The first-order valence-corrected chi connectivity index (χ1v) is 20.5. The Morgan fingerprint density at radius 2 is 1.23 bits per heavy atom. The van der Waals surface area contributed by atoms with Gasteiger partial charge in [0.2, 0.25) is 0 Å². The van der Waals surface area contributed by atoms with Crippen LogP contribution >= 0.6 is 0 Å². The fraction of sp³-hybridized carbons (Fsp3) is 0.208. The van der Waals surface area contributed by atoms with Crippen LogP contribution in [0.5, 0.6) is 0 Å². The molecule has 11 rings (SSSR count). The van der Waals surface area contributed by atoms with E-state index < -0.39 is 0 Å². The number of hydrogen-bond acceptors (Lipinski definition) is 2. The van der Waals surface area contributed by atoms with Crippen LogP contribution < -0.4 is 15.8 Å². The molecular formula is C53H47BN2O. The van der Waals surface area contributed by atoms with Gasteiger partial charge in [-0.25, -0.2) is 0 Å². The van der Waals surface area contributed by atoms with Crippen molar-refractivity contribution in [3.05, 3.63) is 149 Å². The number of para-hydroxylation sites is 3. The summed E-state index contributed by atoms with van der Waals surface area (Å²) >= 11 is 0. The lowest BCUT2D eigenvalue weighted by atomic mass is 9.45. The predicted molar refractivity (Wildman–Crippen MR) is 244 cm³/mol. The third kappa shape index (κ3) is 4.80. The normalized spacial score (nSPS) is 13.6. The lowest BCUT2D eigenvalue weighted by Gasteiger charge is -2.41. The summed E-state index contributed by atoms with van der Waals surface area (Å²) in [5.41, 5.74) is 22.1. The average Bonchev–Trinajstić information content (AvgIpc) is 3.71. The molecule has 0 saturated carbocycles. The van der Waals surface area contributed by atoms with Crippen LogP contribution in [-0.4, -0.2) is 11.3 Å². The molecule has 7 aromatic carbocycles. The Morgan fingerprint density at radius 1 is 0.561 bits per heavy atom. The van der Waals surface area contributed by atoms with Crippen LogP contribution in [0.1, 0.15) is 69.4 Å². The Morgan fingerprint density at radius 3 is 1.95 bits per heavy atom. The summed E-state index contributed by atoms with van der Waals surface area (Å²) in [6.45, 7) is 20.7. The molecule has 2 aliphatic rings. The van der Waals surface area contributed by atoms with Gasteiger partial charge in [-0.1, -0.05) is 132 Å². The number of benzene rings is 7. The molecule has 0 atom stereocenters. The van der Waals surface area contributed by atoms with Crippen molar-refractivity contribution >= 4 is 78.6 Å². The third-order valence-electron chi connectivity index (χ3n) is 12.9. The maximum atomic E-state index is 6.98. The average molecular weight is 739 g/mol. The Bertz CT molecular complexity index is 3140. The number of anilines is 3. The molecule has 0 amide bonds. The van der Waals surface area contributed by atoms with Crippen molar-refractivity contribution in [2.24, 2.45) is 0 Å². The predicted octanol–water partition coefficient (Wildman–Crippen LogP) is 13.3. The van der Waals surface area contributed by atoms with Gasteiger partial charge in [0.15, 0.2) is 0 Å². The monoisotopic (exact) mass is 738 g/mol. The van der Waals surface area contributed by atoms with Crippen molar-refractivity contribution in [1.29, 1.82) is 0 Å². The number of aryl methyl sites for hydroxylation is 3. The largest absolute Gasteiger partial charge is 0.455 e. The van der Waals surface area contributed by atoms with E-state index in [0.29, 0.717) is 0 Å². The Labute approximate surface area is 335 Å². The van der Waals surface area contributed by atoms with Crippen LogP contribution in [-0.2, 0) is 10.8 Å². The van der Waals surface area contributed by atoms with Gasteiger partial charge < -0.3 is 13.8 Å². The molecule has 0 fully saturated rings. The molecule has 0 spiro atoms. The number of aromatic nitrogens is 1. The topological polar surface area (TPSA) is 21.3 Å². The van der Waals surface area contributed by atoms with Gasteiger partial charge in [-0.3, -0.25) is 0 Å². The molecule has 2 aliphatic heterocycles. The van der Waals surface area contributed by atoms with Crippen molar-refractivity contribution in [3.63, 3.8) is 0 Å². The molecular weight excluding hydrogens is 691 g/mol. The van der Waals surface area contributed by atoms with Crippen LogP contribution in [0.25, 0.3) is 66.0 Å². The smallest absolute Gasteiger partial charge is 0.333 e. The van der Waals surface area contributed by atoms with Gasteiger partial charge in [-0.05, 0) is 112 Å². The molecule has 0 N–H and O–H groups in total. The molecule has 3 nitrogen and oxygen atoms in total. The zero-order chi connectivity index (χ0) is 39.3. The van der Waals surface area contributed by atoms with E-state index in [4.69, 9.17) is 4.42 Å². The minimum absolute atomic E-state index is 0.0477. The summed E-state index contributed by atoms with van der Waals surface area (Å²) in [6.07, 6.45) is 0. The lowest BCUT2D eigenvalue weighted by Crippen LogP contribution is -2.56. The Hall–Kier alpha value is -6.00. The standard InChI is InChI=1S/C53H47BN2O/c1-30-23-31(2)47(32(3)24-30)33-21-22-42-44(25-33)55(36-27-34(52(4,5)6)26-35(28-36)53(7,8)9)45-29-41-38-16-11-13-20-46(38)57-51(41)48-40-18-14-17-39-37-15-10-12-19-43(37)56(50(39)40)54(42)49(45)48/h10-29H,1-9H3. The Kier molecular flexibility index (Phi) is 6.94. The highest BCUT2D eigenvalue weighted by molar-refractivity contribution is 6.90. The molecule has 0 radical (unpaired) electrons. The SMILES string of the molecule is Cc1cc(C)c(-c2ccc3c(c2)N(c2cc(C(C)(C)C)cc(C(C)(C)C)c2)c2cc4c(oc5ccccc54)c4c2B3n2c3ccccc3c3cccc-4c32)c(C)c1. The van der Waals surface area contributed by atoms with E-state index in [-0.39, 0.29) is 17.7 Å². The molecule has 4 heterocycles. The zero-order valence-corrected chi connectivity index (χ0v) is 34.4. The summed E-state index contributed by atoms with van der Waals surface area (Å²) in [7, 11) is 0. The molecule has 4 heteroatoms. The molecule has 0 bridgehead atoms. The van der Waals surface area contributed by atoms with Gasteiger partial charge in [0.25, 0.3) is 0 Å². The zero-order valence-electron chi connectivity index (χ0n) is 34.4. The van der Waals surface area contributed by atoms with Crippen molar-refractivity contribution in [2.45, 2.75) is 73.1 Å². The van der Waals surface area contributed by atoms with E-state index in [1.165, 1.54) is 99.9 Å². The first-order valence-electron chi connectivity index (χ1n) is 20.5. The van der Waals surface area contributed by atoms with Crippen LogP contribution in [0.2, 0.25) is 0 Å². The van der Waals surface area contributed by atoms with Crippen LogP contribution in [0, 0.1) is 20.8 Å². The second kappa shape index (κ2) is 11.5. The number of furan rings is 1. The minimum atomic E-state index is -0.0710. The molecule has 0 unspecified atom stereocenters. The molecule has 0 saturated heterocycles. The minimum Gasteiger partial charge on any atom is -0.455 e. The second-order valence-corrected chi connectivity index (χ2v) is 18.8. The highest BCUT2D eigenvalue weighted by Crippen LogP contribution is 2.50. The highest BCUT2D eigenvalue weighted by atomic mass is 16.3. The highest BCUT2D eigenvalue weighted by Gasteiger charge is 2.44. The summed E-state index contributed by atoms with van der Waals surface area (Å²) in [5, 5.41) is 4.86. The fourth-order valence-electron chi connectivity index (χ4n) is 10.3. The summed E-state index contributed by atoms with van der Waals surface area (Å²) in [5.74, 6) is 0. The van der Waals surface area contributed by atoms with E-state index in [1.54, 1.807) is 0 Å². The van der Waals surface area contributed by atoms with Crippen molar-refractivity contribution in [2.75, 3.05) is 4.90 Å². The van der Waals surface area contributed by atoms with Gasteiger partial charge in [0.1, 0.15) is 11.2 Å². The first-order chi connectivity index (χ1) is 27.3. The Balaban J connectivity index is 1.35. The van der Waals surface area contributed by atoms with E-state index in [9.17, 15) is 0 Å². The molecule has 9 aromatic rings. The molecule has 57 heavy (non-hydrogen) atoms. The number of fused-ring (bicyclic) bond motifs is 11. The van der Waals surface area contributed by atoms with E-state index in [0.717, 1.165) is 21.9 Å². The summed E-state index contributed by atoms with van der Waals surface area (Å²) in [4.78, 5) is 2.61. The van der Waals surface area contributed by atoms with Gasteiger partial charge in [0.05, 0.1) is 0 Å². The van der Waals surface area contributed by atoms with Gasteiger partial charge in [-0.15, -0.1) is 0 Å². The van der Waals surface area contributed by atoms with Crippen LogP contribution in [0.3, 0.4) is 0 Å². The summed E-state index contributed by atoms with van der Waals surface area (Å²) < 4.78 is 9.63. The molecule has 278 valence electrons. The molecule has 2 aromatic heterocycles. The maximum Gasteiger partial charge on any atom is 0.333 e. The van der Waals surface area contributed by atoms with Crippen LogP contribution in [0.15, 0.2) is 126 Å². The first kappa shape index (κ1) is 34.3. The number of hydrogen-bond donors (Lipinski definition) is 0.